The van der Waals surface area contributed by atoms with Gasteiger partial charge in [-0.2, -0.15) is 0 Å². The second-order valence-corrected chi connectivity index (χ2v) is 17.9. The van der Waals surface area contributed by atoms with Crippen LogP contribution >= 0.6 is 0 Å². The largest absolute Gasteiger partial charge is 0.394 e. The van der Waals surface area contributed by atoms with Crippen LogP contribution in [0.3, 0.4) is 0 Å². The summed E-state index contributed by atoms with van der Waals surface area (Å²) in [6.45, 7) is 4.38. The molecule has 4 heteroatoms. The number of unbranched alkanes of at least 4 members (excludes halogenated alkanes) is 37. The van der Waals surface area contributed by atoms with Crippen molar-refractivity contribution >= 4 is 5.91 Å². The van der Waals surface area contributed by atoms with Crippen molar-refractivity contribution in [1.82, 2.24) is 5.32 Å². The molecule has 2 atom stereocenters. The van der Waals surface area contributed by atoms with Crippen LogP contribution in [0.2, 0.25) is 0 Å². The minimum Gasteiger partial charge on any atom is -0.394 e. The molecule has 0 rings (SSSR count). The summed E-state index contributed by atoms with van der Waals surface area (Å²) < 4.78 is 0. The number of nitrogens with one attached hydrogen (secondary N) is 1. The smallest absolute Gasteiger partial charge is 0.220 e. The van der Waals surface area contributed by atoms with E-state index in [1.54, 1.807) is 0 Å². The Morgan fingerprint density at radius 2 is 0.719 bits per heavy atom. The van der Waals surface area contributed by atoms with Gasteiger partial charge in [0.15, 0.2) is 0 Å². The molecule has 0 aliphatic carbocycles. The Balaban J connectivity index is 3.43. The van der Waals surface area contributed by atoms with Crippen LogP contribution in [0.15, 0.2) is 24.3 Å². The van der Waals surface area contributed by atoms with E-state index in [-0.39, 0.29) is 12.5 Å². The fourth-order valence-corrected chi connectivity index (χ4v) is 8.22. The molecule has 0 aliphatic heterocycles. The van der Waals surface area contributed by atoms with Crippen molar-refractivity contribution in [3.63, 3.8) is 0 Å². The van der Waals surface area contributed by atoms with Crippen molar-refractivity contribution in [2.24, 2.45) is 0 Å². The maximum Gasteiger partial charge on any atom is 0.220 e. The van der Waals surface area contributed by atoms with Crippen molar-refractivity contribution in [3.05, 3.63) is 24.3 Å². The molecule has 0 spiro atoms. The first kappa shape index (κ1) is 55.9. The summed E-state index contributed by atoms with van der Waals surface area (Å²) >= 11 is 0. The van der Waals surface area contributed by atoms with E-state index in [1.165, 1.54) is 231 Å². The lowest BCUT2D eigenvalue weighted by molar-refractivity contribution is -0.123. The third kappa shape index (κ3) is 45.8. The maximum absolute atomic E-state index is 12.4. The van der Waals surface area contributed by atoms with E-state index < -0.39 is 12.1 Å². The summed E-state index contributed by atoms with van der Waals surface area (Å²) in [7, 11) is 0. The van der Waals surface area contributed by atoms with Crippen LogP contribution in [-0.2, 0) is 4.79 Å². The van der Waals surface area contributed by atoms with E-state index in [0.717, 1.165) is 32.1 Å². The first-order chi connectivity index (χ1) is 28.2. The number of rotatable bonds is 48. The van der Waals surface area contributed by atoms with Gasteiger partial charge in [0.05, 0.1) is 18.8 Å². The standard InChI is InChI=1S/C53H103NO3/c1-3-5-7-9-11-13-15-17-19-20-21-22-23-24-25-26-27-28-29-30-31-32-33-34-35-37-39-41-43-45-47-49-53(57)54-51(50-55)52(56)48-46-44-42-40-38-36-18-16-14-12-10-8-6-4-2/h21-22,24-25,51-52,55-56H,3-20,23,26-50H2,1-2H3,(H,54,57)/b22-21-,25-24-. The molecule has 0 aliphatic rings. The molecule has 4 nitrogen and oxygen atoms in total. The summed E-state index contributed by atoms with van der Waals surface area (Å²) in [5.74, 6) is -0.0283. The van der Waals surface area contributed by atoms with Crippen molar-refractivity contribution in [1.29, 1.82) is 0 Å². The lowest BCUT2D eigenvalue weighted by Crippen LogP contribution is -2.45. The van der Waals surface area contributed by atoms with Gasteiger partial charge in [-0.3, -0.25) is 4.79 Å². The van der Waals surface area contributed by atoms with Gasteiger partial charge in [-0.25, -0.2) is 0 Å². The fraction of sp³-hybridized carbons (Fsp3) is 0.906. The first-order valence-electron chi connectivity index (χ1n) is 26.0. The summed E-state index contributed by atoms with van der Waals surface area (Å²) in [6.07, 6.45) is 64.4. The van der Waals surface area contributed by atoms with Crippen LogP contribution in [0.4, 0.5) is 0 Å². The van der Waals surface area contributed by atoms with Crippen LogP contribution in [0, 0.1) is 0 Å². The molecule has 0 aromatic carbocycles. The van der Waals surface area contributed by atoms with Gasteiger partial charge in [-0.05, 0) is 44.9 Å². The number of hydrogen-bond donors (Lipinski definition) is 3. The number of carbonyl (C=O) groups excluding carboxylic acids is 1. The Labute approximate surface area is 358 Å². The topological polar surface area (TPSA) is 69.6 Å². The van der Waals surface area contributed by atoms with Crippen LogP contribution in [0.25, 0.3) is 0 Å². The predicted molar refractivity (Wildman–Crippen MR) is 253 cm³/mol. The lowest BCUT2D eigenvalue weighted by atomic mass is 10.0. The molecule has 1 amide bonds. The van der Waals surface area contributed by atoms with Crippen molar-refractivity contribution in [2.75, 3.05) is 6.61 Å². The van der Waals surface area contributed by atoms with Gasteiger partial charge < -0.3 is 15.5 Å². The zero-order chi connectivity index (χ0) is 41.4. The van der Waals surface area contributed by atoms with Crippen LogP contribution in [-0.4, -0.2) is 34.9 Å². The molecular formula is C53H103NO3. The summed E-state index contributed by atoms with van der Waals surface area (Å²) in [6, 6.07) is -0.534. The fourth-order valence-electron chi connectivity index (χ4n) is 8.22. The summed E-state index contributed by atoms with van der Waals surface area (Å²) in [5.41, 5.74) is 0. The molecule has 0 saturated heterocycles. The zero-order valence-corrected chi connectivity index (χ0v) is 38.9. The minimum absolute atomic E-state index is 0.0283. The quantitative estimate of drug-likeness (QED) is 0.0424. The average molecular weight is 802 g/mol. The normalized spacial score (nSPS) is 13.0. The van der Waals surface area contributed by atoms with Gasteiger partial charge in [0, 0.05) is 6.42 Å². The first-order valence-corrected chi connectivity index (χ1v) is 26.0. The van der Waals surface area contributed by atoms with Gasteiger partial charge >= 0.3 is 0 Å². The van der Waals surface area contributed by atoms with Crippen LogP contribution < -0.4 is 5.32 Å². The van der Waals surface area contributed by atoms with Crippen LogP contribution in [0.1, 0.15) is 290 Å². The summed E-state index contributed by atoms with van der Waals surface area (Å²) in [5, 5.41) is 23.2. The molecule has 0 heterocycles. The molecule has 0 radical (unpaired) electrons. The van der Waals surface area contributed by atoms with Crippen molar-refractivity contribution in [3.8, 4) is 0 Å². The van der Waals surface area contributed by atoms with Gasteiger partial charge in [-0.15, -0.1) is 0 Å². The molecule has 0 aromatic heterocycles. The Morgan fingerprint density at radius 1 is 0.421 bits per heavy atom. The monoisotopic (exact) mass is 802 g/mol. The highest BCUT2D eigenvalue weighted by Gasteiger charge is 2.20. The molecule has 0 aromatic rings. The molecule has 0 bridgehead atoms. The van der Waals surface area contributed by atoms with E-state index in [0.29, 0.717) is 12.8 Å². The molecule has 0 fully saturated rings. The number of aliphatic hydroxyl groups excluding tert-OH is 2. The zero-order valence-electron chi connectivity index (χ0n) is 38.9. The van der Waals surface area contributed by atoms with Gasteiger partial charge in [-0.1, -0.05) is 263 Å². The van der Waals surface area contributed by atoms with E-state index in [4.69, 9.17) is 0 Å². The average Bonchev–Trinajstić information content (AvgIpc) is 3.22. The Bertz CT molecular complexity index is 825. The van der Waals surface area contributed by atoms with E-state index in [2.05, 4.69) is 43.5 Å². The SMILES string of the molecule is CCCCCCCCCCC/C=C\C/C=C\CCCCCCCCCCCCCCCCCC(=O)NC(CO)C(O)CCCCCCCCCCCCCCCC. The molecule has 57 heavy (non-hydrogen) atoms. The van der Waals surface area contributed by atoms with Gasteiger partial charge in [0.2, 0.25) is 5.91 Å². The van der Waals surface area contributed by atoms with E-state index >= 15 is 0 Å². The number of hydrogen-bond acceptors (Lipinski definition) is 3. The molecule has 2 unspecified atom stereocenters. The van der Waals surface area contributed by atoms with Crippen LogP contribution in [0.5, 0.6) is 0 Å². The molecule has 3 N–H and O–H groups in total. The Morgan fingerprint density at radius 3 is 1.05 bits per heavy atom. The molecule has 338 valence electrons. The highest BCUT2D eigenvalue weighted by molar-refractivity contribution is 5.76. The second kappa shape index (κ2) is 49.2. The lowest BCUT2D eigenvalue weighted by Gasteiger charge is -2.22. The van der Waals surface area contributed by atoms with Gasteiger partial charge in [0.1, 0.15) is 0 Å². The highest BCUT2D eigenvalue weighted by Crippen LogP contribution is 2.17. The minimum atomic E-state index is -0.657. The van der Waals surface area contributed by atoms with E-state index in [1.807, 2.05) is 0 Å². The van der Waals surface area contributed by atoms with Crippen molar-refractivity contribution < 1.29 is 15.0 Å². The second-order valence-electron chi connectivity index (χ2n) is 17.9. The highest BCUT2D eigenvalue weighted by atomic mass is 16.3. The third-order valence-corrected chi connectivity index (χ3v) is 12.2. The Kier molecular flexibility index (Phi) is 48.3. The predicted octanol–water partition coefficient (Wildman–Crippen LogP) is 16.8. The molecular weight excluding hydrogens is 699 g/mol. The number of allylic oxidation sites excluding steroid dienone is 4. The third-order valence-electron chi connectivity index (χ3n) is 12.2. The number of amides is 1. The summed E-state index contributed by atoms with van der Waals surface area (Å²) in [4.78, 5) is 12.4. The Hall–Kier alpha value is -1.13. The number of carbonyl (C=O) groups is 1. The number of aliphatic hydroxyl groups is 2. The van der Waals surface area contributed by atoms with Crippen molar-refractivity contribution in [2.45, 2.75) is 302 Å². The van der Waals surface area contributed by atoms with Gasteiger partial charge in [0.25, 0.3) is 0 Å². The maximum atomic E-state index is 12.4. The van der Waals surface area contributed by atoms with E-state index in [9.17, 15) is 15.0 Å². The molecule has 0 saturated carbocycles.